The normalized spacial score (nSPS) is 10.4. The van der Waals surface area contributed by atoms with Gasteiger partial charge < -0.3 is 0 Å². The molecular formula is C15H12BrFO. The van der Waals surface area contributed by atoms with E-state index in [-0.39, 0.29) is 11.6 Å². The monoisotopic (exact) mass is 306 g/mol. The second-order valence-electron chi connectivity index (χ2n) is 4.28. The predicted octanol–water partition coefficient (Wildman–Crippen LogP) is 4.44. The van der Waals surface area contributed by atoms with Gasteiger partial charge in [-0.15, -0.1) is 0 Å². The second kappa shape index (κ2) is 5.02. The van der Waals surface area contributed by atoms with Gasteiger partial charge in [-0.05, 0) is 37.6 Å². The zero-order valence-electron chi connectivity index (χ0n) is 10.1. The first-order valence-electron chi connectivity index (χ1n) is 5.56. The third-order valence-corrected chi connectivity index (χ3v) is 3.49. The Hall–Kier alpha value is -1.48. The molecule has 2 rings (SSSR count). The molecule has 0 bridgehead atoms. The number of carbonyl (C=O) groups is 1. The smallest absolute Gasteiger partial charge is 0.194 e. The fourth-order valence-electron chi connectivity index (χ4n) is 1.70. The standard InChI is InChI=1S/C15H12BrFO/c1-9-3-6-13(16)12(7-9)15(18)11-5-4-10(2)14(17)8-11/h3-8H,1-2H3. The lowest BCUT2D eigenvalue weighted by Crippen LogP contribution is -2.03. The zero-order chi connectivity index (χ0) is 13.3. The van der Waals surface area contributed by atoms with Gasteiger partial charge in [-0.1, -0.05) is 39.7 Å². The van der Waals surface area contributed by atoms with Crippen LogP contribution in [0.4, 0.5) is 4.39 Å². The topological polar surface area (TPSA) is 17.1 Å². The highest BCUT2D eigenvalue weighted by molar-refractivity contribution is 9.10. The molecule has 0 amide bonds. The molecule has 0 saturated heterocycles. The van der Waals surface area contributed by atoms with Crippen LogP contribution in [0, 0.1) is 19.7 Å². The lowest BCUT2D eigenvalue weighted by atomic mass is 10.0. The lowest BCUT2D eigenvalue weighted by Gasteiger charge is -2.06. The summed E-state index contributed by atoms with van der Waals surface area (Å²) in [4.78, 5) is 12.3. The van der Waals surface area contributed by atoms with Crippen molar-refractivity contribution in [1.29, 1.82) is 0 Å². The van der Waals surface area contributed by atoms with Crippen molar-refractivity contribution in [1.82, 2.24) is 0 Å². The molecule has 0 spiro atoms. The number of halogens is 2. The fraction of sp³-hybridized carbons (Fsp3) is 0.133. The van der Waals surface area contributed by atoms with Crippen LogP contribution < -0.4 is 0 Å². The van der Waals surface area contributed by atoms with Crippen molar-refractivity contribution in [3.05, 3.63) is 68.9 Å². The average Bonchev–Trinajstić information content (AvgIpc) is 2.35. The van der Waals surface area contributed by atoms with Gasteiger partial charge >= 0.3 is 0 Å². The maximum Gasteiger partial charge on any atom is 0.194 e. The largest absolute Gasteiger partial charge is 0.289 e. The molecule has 0 fully saturated rings. The van der Waals surface area contributed by atoms with E-state index in [0.29, 0.717) is 16.7 Å². The van der Waals surface area contributed by atoms with Crippen LogP contribution in [0.15, 0.2) is 40.9 Å². The Labute approximate surface area is 114 Å². The second-order valence-corrected chi connectivity index (χ2v) is 5.13. The number of hydrogen-bond donors (Lipinski definition) is 0. The first-order valence-corrected chi connectivity index (χ1v) is 6.35. The minimum Gasteiger partial charge on any atom is -0.289 e. The van der Waals surface area contributed by atoms with E-state index in [2.05, 4.69) is 15.9 Å². The van der Waals surface area contributed by atoms with Gasteiger partial charge in [-0.3, -0.25) is 4.79 Å². The fourth-order valence-corrected chi connectivity index (χ4v) is 2.13. The van der Waals surface area contributed by atoms with E-state index in [0.717, 1.165) is 10.0 Å². The van der Waals surface area contributed by atoms with E-state index >= 15 is 0 Å². The third kappa shape index (κ3) is 2.51. The van der Waals surface area contributed by atoms with Gasteiger partial charge in [0.15, 0.2) is 5.78 Å². The van der Waals surface area contributed by atoms with Crippen LogP contribution in [0.25, 0.3) is 0 Å². The molecule has 3 heteroatoms. The molecular weight excluding hydrogens is 295 g/mol. The van der Waals surface area contributed by atoms with Crippen molar-refractivity contribution in [2.24, 2.45) is 0 Å². The Morgan fingerprint density at radius 1 is 1.11 bits per heavy atom. The summed E-state index contributed by atoms with van der Waals surface area (Å²) < 4.78 is 14.2. The number of carbonyl (C=O) groups excluding carboxylic acids is 1. The highest BCUT2D eigenvalue weighted by atomic mass is 79.9. The van der Waals surface area contributed by atoms with Crippen LogP contribution >= 0.6 is 15.9 Å². The van der Waals surface area contributed by atoms with E-state index in [1.165, 1.54) is 6.07 Å². The average molecular weight is 307 g/mol. The molecule has 0 heterocycles. The Kier molecular flexibility index (Phi) is 3.62. The van der Waals surface area contributed by atoms with Crippen LogP contribution in [-0.4, -0.2) is 5.78 Å². The summed E-state index contributed by atoms with van der Waals surface area (Å²) in [6.45, 7) is 3.59. The number of aryl methyl sites for hydroxylation is 2. The van der Waals surface area contributed by atoms with Crippen LogP contribution in [0.2, 0.25) is 0 Å². The molecule has 2 aromatic rings. The molecule has 18 heavy (non-hydrogen) atoms. The molecule has 0 aliphatic carbocycles. The predicted molar refractivity (Wildman–Crippen MR) is 73.4 cm³/mol. The number of rotatable bonds is 2. The first-order chi connectivity index (χ1) is 8.49. The molecule has 2 aromatic carbocycles. The van der Waals surface area contributed by atoms with Gasteiger partial charge in [-0.25, -0.2) is 4.39 Å². The summed E-state index contributed by atoms with van der Waals surface area (Å²) in [5.41, 5.74) is 2.45. The Morgan fingerprint density at radius 3 is 2.50 bits per heavy atom. The summed E-state index contributed by atoms with van der Waals surface area (Å²) in [5, 5.41) is 0. The number of ketones is 1. The maximum atomic E-state index is 13.5. The highest BCUT2D eigenvalue weighted by Gasteiger charge is 2.14. The Morgan fingerprint density at radius 2 is 1.83 bits per heavy atom. The van der Waals surface area contributed by atoms with Crippen LogP contribution in [0.3, 0.4) is 0 Å². The Balaban J connectivity index is 2.47. The van der Waals surface area contributed by atoms with Gasteiger partial charge in [0.1, 0.15) is 5.82 Å². The van der Waals surface area contributed by atoms with E-state index in [1.807, 2.05) is 19.1 Å². The molecule has 0 aliphatic heterocycles. The Bertz CT molecular complexity index is 620. The highest BCUT2D eigenvalue weighted by Crippen LogP contribution is 2.22. The quantitative estimate of drug-likeness (QED) is 0.750. The summed E-state index contributed by atoms with van der Waals surface area (Å²) in [6, 6.07) is 10.1. The van der Waals surface area contributed by atoms with Gasteiger partial charge in [0.25, 0.3) is 0 Å². The van der Waals surface area contributed by atoms with E-state index in [9.17, 15) is 9.18 Å². The van der Waals surface area contributed by atoms with Gasteiger partial charge in [-0.2, -0.15) is 0 Å². The number of hydrogen-bond acceptors (Lipinski definition) is 1. The SMILES string of the molecule is Cc1ccc(Br)c(C(=O)c2ccc(C)c(F)c2)c1. The molecule has 92 valence electrons. The molecule has 0 aliphatic rings. The summed E-state index contributed by atoms with van der Waals surface area (Å²) in [7, 11) is 0. The number of benzene rings is 2. The minimum absolute atomic E-state index is 0.176. The van der Waals surface area contributed by atoms with E-state index in [4.69, 9.17) is 0 Å². The summed E-state index contributed by atoms with van der Waals surface area (Å²) in [6.07, 6.45) is 0. The summed E-state index contributed by atoms with van der Waals surface area (Å²) in [5.74, 6) is -0.533. The molecule has 0 atom stereocenters. The van der Waals surface area contributed by atoms with Crippen LogP contribution in [0.5, 0.6) is 0 Å². The molecule has 0 unspecified atom stereocenters. The van der Waals surface area contributed by atoms with Gasteiger partial charge in [0, 0.05) is 15.6 Å². The van der Waals surface area contributed by atoms with Crippen molar-refractivity contribution in [3.8, 4) is 0 Å². The molecule has 0 saturated carbocycles. The van der Waals surface area contributed by atoms with Crippen LogP contribution in [-0.2, 0) is 0 Å². The maximum absolute atomic E-state index is 13.5. The molecule has 0 radical (unpaired) electrons. The van der Waals surface area contributed by atoms with Gasteiger partial charge in [0.2, 0.25) is 0 Å². The van der Waals surface area contributed by atoms with E-state index < -0.39 is 0 Å². The molecule has 0 N–H and O–H groups in total. The molecule has 1 nitrogen and oxygen atoms in total. The van der Waals surface area contributed by atoms with Crippen molar-refractivity contribution < 1.29 is 9.18 Å². The molecule has 0 aromatic heterocycles. The van der Waals surface area contributed by atoms with Crippen LogP contribution in [0.1, 0.15) is 27.0 Å². The van der Waals surface area contributed by atoms with Crippen molar-refractivity contribution in [2.75, 3.05) is 0 Å². The van der Waals surface area contributed by atoms with Crippen molar-refractivity contribution in [2.45, 2.75) is 13.8 Å². The zero-order valence-corrected chi connectivity index (χ0v) is 11.7. The lowest BCUT2D eigenvalue weighted by molar-refractivity contribution is 0.103. The third-order valence-electron chi connectivity index (χ3n) is 2.80. The minimum atomic E-state index is -0.357. The van der Waals surface area contributed by atoms with E-state index in [1.54, 1.807) is 25.1 Å². The summed E-state index contributed by atoms with van der Waals surface area (Å²) >= 11 is 3.35. The first kappa shape index (κ1) is 13.0. The van der Waals surface area contributed by atoms with Crippen molar-refractivity contribution >= 4 is 21.7 Å². The van der Waals surface area contributed by atoms with Gasteiger partial charge in [0.05, 0.1) is 0 Å². The van der Waals surface area contributed by atoms with Crippen molar-refractivity contribution in [3.63, 3.8) is 0 Å².